The molecule has 2 atom stereocenters. The number of benzene rings is 2. The molecular weight excluding hydrogens is 560 g/mol. The van der Waals surface area contributed by atoms with Crippen molar-refractivity contribution in [2.45, 2.75) is 51.2 Å². The van der Waals surface area contributed by atoms with Crippen LogP contribution in [-0.2, 0) is 17.2 Å². The van der Waals surface area contributed by atoms with Crippen molar-refractivity contribution in [2.75, 3.05) is 18.5 Å². The molecule has 208 valence electrons. The van der Waals surface area contributed by atoms with Crippen molar-refractivity contribution in [3.8, 4) is 10.6 Å². The number of alkyl halides is 2. The van der Waals surface area contributed by atoms with E-state index in [9.17, 15) is 18.4 Å². The zero-order valence-corrected chi connectivity index (χ0v) is 23.4. The SMILES string of the molecule is Cc1nc2cc(-c3ncc(C(C)(F)F)s3)c(N[C@H]3CCN4C(=O)OC[C@@H]4C3)cc2c(=O)n1Cc1ccc(Cl)cc1. The average molecular weight is 586 g/mol. The lowest BCUT2D eigenvalue weighted by molar-refractivity contribution is 0.0213. The lowest BCUT2D eigenvalue weighted by Crippen LogP contribution is -2.45. The number of amides is 1. The number of anilines is 1. The van der Waals surface area contributed by atoms with Gasteiger partial charge in [0.2, 0.25) is 0 Å². The average Bonchev–Trinajstić information content (AvgIpc) is 3.55. The summed E-state index contributed by atoms with van der Waals surface area (Å²) < 4.78 is 34.9. The topological polar surface area (TPSA) is 89.4 Å². The maximum Gasteiger partial charge on any atom is 0.410 e. The van der Waals surface area contributed by atoms with Gasteiger partial charge in [0, 0.05) is 42.0 Å². The van der Waals surface area contributed by atoms with E-state index in [1.165, 1.54) is 6.20 Å². The molecule has 2 aliphatic heterocycles. The second-order valence-electron chi connectivity index (χ2n) is 10.3. The molecule has 1 amide bonds. The monoisotopic (exact) mass is 585 g/mol. The largest absolute Gasteiger partial charge is 0.447 e. The van der Waals surface area contributed by atoms with E-state index in [2.05, 4.69) is 10.3 Å². The van der Waals surface area contributed by atoms with Crippen LogP contribution in [0.2, 0.25) is 5.02 Å². The fraction of sp³-hybridized carbons (Fsp3) is 0.357. The third kappa shape index (κ3) is 5.03. The van der Waals surface area contributed by atoms with E-state index in [0.717, 1.165) is 23.8 Å². The number of hydrogen-bond donors (Lipinski definition) is 1. The maximum absolute atomic E-state index is 14.1. The van der Waals surface area contributed by atoms with Crippen molar-refractivity contribution in [3.63, 3.8) is 0 Å². The van der Waals surface area contributed by atoms with Gasteiger partial charge in [0.05, 0.1) is 28.4 Å². The summed E-state index contributed by atoms with van der Waals surface area (Å²) in [6.07, 6.45) is 2.23. The Labute approximate surface area is 237 Å². The third-order valence-electron chi connectivity index (χ3n) is 7.42. The van der Waals surface area contributed by atoms with Crippen LogP contribution in [0.5, 0.6) is 0 Å². The normalized spacial score (nSPS) is 19.1. The lowest BCUT2D eigenvalue weighted by atomic mass is 9.97. The van der Waals surface area contributed by atoms with Crippen LogP contribution in [0.15, 0.2) is 47.4 Å². The van der Waals surface area contributed by atoms with Crippen LogP contribution < -0.4 is 10.9 Å². The minimum atomic E-state index is -3.02. The number of cyclic esters (lactones) is 1. The van der Waals surface area contributed by atoms with Crippen LogP contribution >= 0.6 is 22.9 Å². The number of nitrogens with one attached hydrogen (secondary N) is 1. The number of piperidine rings is 1. The predicted octanol–water partition coefficient (Wildman–Crippen LogP) is 6.04. The van der Waals surface area contributed by atoms with Crippen LogP contribution in [0.25, 0.3) is 21.5 Å². The number of nitrogens with zero attached hydrogens (tertiary/aromatic N) is 4. The van der Waals surface area contributed by atoms with Crippen LogP contribution in [0.4, 0.5) is 19.3 Å². The standard InChI is InChI=1S/C28H26ClF2N5O3S/c1-15-33-23-10-20(25-32-12-24(40-25)28(2,30)31)22(34-18-7-8-35-19(9-18)14-39-27(35)38)11-21(23)26(37)36(15)13-16-3-5-17(29)6-4-16/h3-6,10-12,18-19,34H,7-9,13-14H2,1-2H3/t18-,19-/m0/s1. The van der Waals surface area contributed by atoms with Gasteiger partial charge in [-0.25, -0.2) is 23.5 Å². The van der Waals surface area contributed by atoms with Crippen LogP contribution in [0, 0.1) is 6.92 Å². The number of carbonyl (C=O) groups excluding carboxylic acids is 1. The first-order valence-electron chi connectivity index (χ1n) is 12.9. The molecule has 2 saturated heterocycles. The van der Waals surface area contributed by atoms with Gasteiger partial charge in [0.25, 0.3) is 11.5 Å². The van der Waals surface area contributed by atoms with Crippen LogP contribution in [-0.4, -0.2) is 50.8 Å². The van der Waals surface area contributed by atoms with Crippen molar-refractivity contribution in [1.82, 2.24) is 19.4 Å². The first-order valence-corrected chi connectivity index (χ1v) is 14.1. The Morgan fingerprint density at radius 2 is 2.00 bits per heavy atom. The molecule has 4 heterocycles. The number of carbonyl (C=O) groups is 1. The molecule has 0 unspecified atom stereocenters. The summed E-state index contributed by atoms with van der Waals surface area (Å²) in [5.41, 5.74) is 2.35. The summed E-state index contributed by atoms with van der Waals surface area (Å²) in [6.45, 7) is 3.81. The number of thiazole rings is 1. The van der Waals surface area contributed by atoms with Crippen molar-refractivity contribution in [1.29, 1.82) is 0 Å². The van der Waals surface area contributed by atoms with E-state index in [1.807, 2.05) is 12.1 Å². The molecule has 2 aromatic heterocycles. The van der Waals surface area contributed by atoms with Gasteiger partial charge >= 0.3 is 6.09 Å². The highest BCUT2D eigenvalue weighted by atomic mass is 35.5. The molecule has 0 radical (unpaired) electrons. The quantitative estimate of drug-likeness (QED) is 0.297. The number of aryl methyl sites for hydroxylation is 1. The molecule has 8 nitrogen and oxygen atoms in total. The van der Waals surface area contributed by atoms with Gasteiger partial charge in [0.15, 0.2) is 0 Å². The molecular formula is C28H26ClF2N5O3S. The summed E-state index contributed by atoms with van der Waals surface area (Å²) in [5, 5.41) is 4.95. The molecule has 0 saturated carbocycles. The van der Waals surface area contributed by atoms with Gasteiger partial charge in [0.1, 0.15) is 17.4 Å². The molecule has 6 rings (SSSR count). The van der Waals surface area contributed by atoms with Crippen LogP contribution in [0.1, 0.15) is 36.0 Å². The smallest absolute Gasteiger partial charge is 0.410 e. The van der Waals surface area contributed by atoms with Crippen molar-refractivity contribution >= 4 is 45.6 Å². The Balaban J connectivity index is 1.42. The van der Waals surface area contributed by atoms with E-state index in [1.54, 1.807) is 40.7 Å². The Kier molecular flexibility index (Phi) is 6.74. The van der Waals surface area contributed by atoms with E-state index in [-0.39, 0.29) is 28.6 Å². The Morgan fingerprint density at radius 1 is 1.23 bits per heavy atom. The molecule has 4 aromatic rings. The maximum atomic E-state index is 14.1. The first-order chi connectivity index (χ1) is 19.1. The number of halogens is 3. The highest BCUT2D eigenvalue weighted by Gasteiger charge is 2.38. The Hall–Kier alpha value is -3.57. The minimum Gasteiger partial charge on any atom is -0.447 e. The molecule has 2 fully saturated rings. The molecule has 1 N–H and O–H groups in total. The Bertz CT molecular complexity index is 1670. The zero-order valence-electron chi connectivity index (χ0n) is 21.8. The predicted molar refractivity (Wildman–Crippen MR) is 150 cm³/mol. The van der Waals surface area contributed by atoms with E-state index >= 15 is 0 Å². The molecule has 12 heteroatoms. The van der Waals surface area contributed by atoms with Gasteiger partial charge in [-0.05, 0) is 49.6 Å². The third-order valence-corrected chi connectivity index (χ3v) is 8.87. The zero-order chi connectivity index (χ0) is 28.2. The van der Waals surface area contributed by atoms with Gasteiger partial charge < -0.3 is 15.0 Å². The molecule has 2 aliphatic rings. The molecule has 0 aliphatic carbocycles. The molecule has 2 aromatic carbocycles. The summed E-state index contributed by atoms with van der Waals surface area (Å²) in [6, 6.07) is 10.7. The van der Waals surface area contributed by atoms with Crippen molar-refractivity contribution < 1.29 is 18.3 Å². The second-order valence-corrected chi connectivity index (χ2v) is 11.8. The number of hydrogen-bond acceptors (Lipinski definition) is 7. The fourth-order valence-electron chi connectivity index (χ4n) is 5.29. The molecule has 0 spiro atoms. The summed E-state index contributed by atoms with van der Waals surface area (Å²) in [7, 11) is 0. The lowest BCUT2D eigenvalue weighted by Gasteiger charge is -2.33. The minimum absolute atomic E-state index is 0.0197. The molecule has 0 bridgehead atoms. The van der Waals surface area contributed by atoms with Gasteiger partial charge in [-0.15, -0.1) is 11.3 Å². The number of fused-ring (bicyclic) bond motifs is 2. The number of ether oxygens (including phenoxy) is 1. The number of aromatic nitrogens is 3. The highest BCUT2D eigenvalue weighted by Crippen LogP contribution is 2.39. The summed E-state index contributed by atoms with van der Waals surface area (Å²) >= 11 is 6.93. The van der Waals surface area contributed by atoms with Gasteiger partial charge in [-0.1, -0.05) is 23.7 Å². The van der Waals surface area contributed by atoms with Crippen molar-refractivity contribution in [3.05, 3.63) is 74.2 Å². The molecule has 40 heavy (non-hydrogen) atoms. The van der Waals surface area contributed by atoms with Gasteiger partial charge in [-0.3, -0.25) is 9.36 Å². The highest BCUT2D eigenvalue weighted by molar-refractivity contribution is 7.15. The summed E-state index contributed by atoms with van der Waals surface area (Å²) in [5.74, 6) is -2.50. The number of rotatable bonds is 6. The van der Waals surface area contributed by atoms with Crippen LogP contribution in [0.3, 0.4) is 0 Å². The van der Waals surface area contributed by atoms with E-state index in [0.29, 0.717) is 70.5 Å². The van der Waals surface area contributed by atoms with Gasteiger partial charge in [-0.2, -0.15) is 0 Å². The fourth-order valence-corrected chi connectivity index (χ4v) is 6.29. The second kappa shape index (κ2) is 10.1. The Morgan fingerprint density at radius 3 is 2.73 bits per heavy atom. The first kappa shape index (κ1) is 26.6. The summed E-state index contributed by atoms with van der Waals surface area (Å²) in [4.78, 5) is 36.3. The van der Waals surface area contributed by atoms with E-state index in [4.69, 9.17) is 21.3 Å². The van der Waals surface area contributed by atoms with E-state index < -0.39 is 5.92 Å². The van der Waals surface area contributed by atoms with Crippen molar-refractivity contribution in [2.24, 2.45) is 0 Å².